The van der Waals surface area contributed by atoms with Gasteiger partial charge < -0.3 is 11.1 Å². The minimum Gasteiger partial charge on any atom is -0.399 e. The maximum absolute atomic E-state index is 12.5. The number of nitrogens with two attached hydrogens (primary N) is 1. The SMILES string of the molecule is Nc1ccc2c(c1)CCN2C(=O)Nc1ccc2c(c1)=NC(=O)N=2. The summed E-state index contributed by atoms with van der Waals surface area (Å²) in [7, 11) is 0. The van der Waals surface area contributed by atoms with Crippen molar-refractivity contribution < 1.29 is 9.59 Å². The molecule has 4 amide bonds. The maximum Gasteiger partial charge on any atom is 0.368 e. The molecule has 0 radical (unpaired) electrons. The molecule has 0 spiro atoms. The third-order valence-corrected chi connectivity index (χ3v) is 3.90. The van der Waals surface area contributed by atoms with Crippen LogP contribution in [0.5, 0.6) is 0 Å². The van der Waals surface area contributed by atoms with Gasteiger partial charge in [-0.2, -0.15) is 9.98 Å². The van der Waals surface area contributed by atoms with Gasteiger partial charge in [-0.1, -0.05) is 0 Å². The topological polar surface area (TPSA) is 100 Å². The van der Waals surface area contributed by atoms with Crippen molar-refractivity contribution in [3.05, 3.63) is 52.7 Å². The Morgan fingerprint density at radius 3 is 2.83 bits per heavy atom. The Morgan fingerprint density at radius 2 is 1.96 bits per heavy atom. The van der Waals surface area contributed by atoms with Gasteiger partial charge >= 0.3 is 12.1 Å². The predicted molar refractivity (Wildman–Crippen MR) is 85.1 cm³/mol. The molecule has 2 aromatic rings. The van der Waals surface area contributed by atoms with Crippen LogP contribution in [0.15, 0.2) is 46.4 Å². The van der Waals surface area contributed by atoms with Crippen molar-refractivity contribution in [3.63, 3.8) is 0 Å². The molecule has 0 bridgehead atoms. The largest absolute Gasteiger partial charge is 0.399 e. The van der Waals surface area contributed by atoms with E-state index in [9.17, 15) is 9.59 Å². The Labute approximate surface area is 131 Å². The van der Waals surface area contributed by atoms with E-state index in [1.54, 1.807) is 29.2 Å². The summed E-state index contributed by atoms with van der Waals surface area (Å²) in [5.74, 6) is 0. The van der Waals surface area contributed by atoms with E-state index in [0.717, 1.165) is 17.7 Å². The molecule has 0 saturated carbocycles. The number of benzene rings is 2. The first-order chi connectivity index (χ1) is 11.1. The highest BCUT2D eigenvalue weighted by molar-refractivity contribution is 6.03. The lowest BCUT2D eigenvalue weighted by atomic mass is 10.1. The lowest BCUT2D eigenvalue weighted by molar-refractivity contribution is 0.256. The monoisotopic (exact) mass is 307 g/mol. The van der Waals surface area contributed by atoms with Crippen LogP contribution in [0.2, 0.25) is 0 Å². The number of nitrogen functional groups attached to an aromatic ring is 1. The van der Waals surface area contributed by atoms with Gasteiger partial charge in [0.2, 0.25) is 0 Å². The van der Waals surface area contributed by atoms with Crippen LogP contribution in [0.1, 0.15) is 5.56 Å². The fourth-order valence-electron chi connectivity index (χ4n) is 2.84. The summed E-state index contributed by atoms with van der Waals surface area (Å²) in [4.78, 5) is 32.9. The van der Waals surface area contributed by atoms with Crippen LogP contribution in [-0.2, 0) is 6.42 Å². The van der Waals surface area contributed by atoms with Crippen LogP contribution in [0.4, 0.5) is 26.7 Å². The molecule has 0 aromatic heterocycles. The lowest BCUT2D eigenvalue weighted by Crippen LogP contribution is -2.34. The van der Waals surface area contributed by atoms with Crippen molar-refractivity contribution in [2.75, 3.05) is 22.5 Å². The Morgan fingerprint density at radius 1 is 1.13 bits per heavy atom. The molecule has 114 valence electrons. The Balaban J connectivity index is 1.59. The molecule has 3 N–H and O–H groups in total. The van der Waals surface area contributed by atoms with Crippen molar-refractivity contribution in [2.24, 2.45) is 9.98 Å². The van der Waals surface area contributed by atoms with Gasteiger partial charge in [0.05, 0.1) is 10.7 Å². The summed E-state index contributed by atoms with van der Waals surface area (Å²) in [6, 6.07) is 9.79. The molecule has 4 rings (SSSR count). The normalized spacial score (nSPS) is 14.8. The second-order valence-electron chi connectivity index (χ2n) is 5.43. The van der Waals surface area contributed by atoms with Crippen molar-refractivity contribution >= 4 is 29.1 Å². The van der Waals surface area contributed by atoms with Crippen LogP contribution >= 0.6 is 0 Å². The van der Waals surface area contributed by atoms with E-state index in [2.05, 4.69) is 15.3 Å². The summed E-state index contributed by atoms with van der Waals surface area (Å²) < 4.78 is 0. The number of amides is 4. The molecule has 23 heavy (non-hydrogen) atoms. The zero-order chi connectivity index (χ0) is 16.0. The molecule has 0 saturated heterocycles. The van der Waals surface area contributed by atoms with Gasteiger partial charge in [0.25, 0.3) is 0 Å². The average molecular weight is 307 g/mol. The van der Waals surface area contributed by atoms with Gasteiger partial charge in [-0.15, -0.1) is 0 Å². The van der Waals surface area contributed by atoms with E-state index >= 15 is 0 Å². The molecule has 0 atom stereocenters. The van der Waals surface area contributed by atoms with Gasteiger partial charge in [-0.3, -0.25) is 4.90 Å². The minimum atomic E-state index is -0.519. The number of hydrogen-bond acceptors (Lipinski definition) is 3. The van der Waals surface area contributed by atoms with Crippen molar-refractivity contribution in [2.45, 2.75) is 6.42 Å². The molecule has 7 nitrogen and oxygen atoms in total. The Hall–Kier alpha value is -3.22. The van der Waals surface area contributed by atoms with E-state index in [1.807, 2.05) is 12.1 Å². The van der Waals surface area contributed by atoms with Crippen LogP contribution in [-0.4, -0.2) is 18.6 Å². The number of nitrogens with one attached hydrogen (secondary N) is 1. The number of rotatable bonds is 1. The summed E-state index contributed by atoms with van der Waals surface area (Å²) in [5, 5.41) is 3.82. The second kappa shape index (κ2) is 4.91. The number of hydrogen-bond donors (Lipinski definition) is 2. The fraction of sp³-hybridized carbons (Fsp3) is 0.125. The summed E-state index contributed by atoms with van der Waals surface area (Å²) in [6.45, 7) is 0.605. The third-order valence-electron chi connectivity index (χ3n) is 3.90. The zero-order valence-corrected chi connectivity index (χ0v) is 12.1. The highest BCUT2D eigenvalue weighted by Crippen LogP contribution is 2.30. The fourth-order valence-corrected chi connectivity index (χ4v) is 2.84. The number of carbonyl (C=O) groups is 2. The Bertz CT molecular complexity index is 967. The van der Waals surface area contributed by atoms with E-state index in [1.165, 1.54) is 0 Å². The number of anilines is 3. The van der Waals surface area contributed by atoms with Gasteiger partial charge in [-0.25, -0.2) is 9.59 Å². The van der Waals surface area contributed by atoms with Crippen LogP contribution in [0, 0.1) is 0 Å². The molecular weight excluding hydrogens is 294 g/mol. The maximum atomic E-state index is 12.5. The summed E-state index contributed by atoms with van der Waals surface area (Å²) in [6.07, 6.45) is 0.778. The standard InChI is InChI=1S/C16H13N5O2/c17-10-1-4-14-9(7-10)5-6-21(14)16(23)18-11-2-3-12-13(8-11)20-15(22)19-12/h1-4,7-8H,5-6,17H2,(H,18,23). The smallest absolute Gasteiger partial charge is 0.368 e. The molecule has 0 unspecified atom stereocenters. The first-order valence-corrected chi connectivity index (χ1v) is 7.18. The summed E-state index contributed by atoms with van der Waals surface area (Å²) >= 11 is 0. The highest BCUT2D eigenvalue weighted by atomic mass is 16.2. The van der Waals surface area contributed by atoms with Crippen molar-refractivity contribution in [3.8, 4) is 0 Å². The van der Waals surface area contributed by atoms with E-state index in [-0.39, 0.29) is 6.03 Å². The quantitative estimate of drug-likeness (QED) is 0.775. The molecule has 2 aliphatic rings. The molecule has 2 aliphatic heterocycles. The van der Waals surface area contributed by atoms with E-state index < -0.39 is 6.03 Å². The molecule has 2 aromatic carbocycles. The Kier molecular flexibility index (Phi) is 2.87. The van der Waals surface area contributed by atoms with E-state index in [4.69, 9.17) is 5.73 Å². The third kappa shape index (κ3) is 2.32. The number of nitrogens with zero attached hydrogens (tertiary/aromatic N) is 3. The second-order valence-corrected chi connectivity index (χ2v) is 5.43. The van der Waals surface area contributed by atoms with Gasteiger partial charge in [0.15, 0.2) is 0 Å². The van der Waals surface area contributed by atoms with Crippen LogP contribution < -0.4 is 26.7 Å². The lowest BCUT2D eigenvalue weighted by Gasteiger charge is -2.18. The van der Waals surface area contributed by atoms with Gasteiger partial charge in [0.1, 0.15) is 0 Å². The first kappa shape index (κ1) is 13.4. The van der Waals surface area contributed by atoms with Crippen LogP contribution in [0.3, 0.4) is 0 Å². The average Bonchev–Trinajstić information content (AvgIpc) is 3.08. The van der Waals surface area contributed by atoms with Crippen molar-refractivity contribution in [1.29, 1.82) is 0 Å². The number of urea groups is 2. The molecule has 0 fully saturated rings. The van der Waals surface area contributed by atoms with Crippen LogP contribution in [0.25, 0.3) is 0 Å². The van der Waals surface area contributed by atoms with Gasteiger partial charge in [0, 0.05) is 23.6 Å². The minimum absolute atomic E-state index is 0.227. The highest BCUT2D eigenvalue weighted by Gasteiger charge is 2.24. The van der Waals surface area contributed by atoms with E-state index in [0.29, 0.717) is 28.6 Å². The molecule has 2 heterocycles. The number of carbonyl (C=O) groups excluding carboxylic acids is 2. The molecule has 0 aliphatic carbocycles. The predicted octanol–water partition coefficient (Wildman–Crippen LogP) is 1.24. The van der Waals surface area contributed by atoms with Crippen molar-refractivity contribution in [1.82, 2.24) is 0 Å². The van der Waals surface area contributed by atoms with Gasteiger partial charge in [-0.05, 0) is 48.4 Å². The number of fused-ring (bicyclic) bond motifs is 2. The molecular formula is C16H13N5O2. The summed E-state index contributed by atoms with van der Waals surface area (Å²) in [5.41, 5.74) is 8.97. The first-order valence-electron chi connectivity index (χ1n) is 7.18. The molecule has 7 heteroatoms. The zero-order valence-electron chi connectivity index (χ0n) is 12.1.